The van der Waals surface area contributed by atoms with Gasteiger partial charge in [0, 0.05) is 19.3 Å². The van der Waals surface area contributed by atoms with Crippen LogP contribution in [0.15, 0.2) is 72.9 Å². The second kappa shape index (κ2) is 59.4. The third-order valence-corrected chi connectivity index (χ3v) is 13.2. The van der Waals surface area contributed by atoms with E-state index in [1.54, 1.807) is 0 Å². The highest BCUT2D eigenvalue weighted by Crippen LogP contribution is 2.17. The van der Waals surface area contributed by atoms with Gasteiger partial charge < -0.3 is 14.2 Å². The number of carbonyl (C=O) groups is 3. The SMILES string of the molecule is CC/C=C\C/C=C\C/C=C\C/C=C\C/C=C\C/C=C\CCCCCCC(=O)OCC(COC(=O)CCCCCCCCCCCCCCC)OC(=O)CCCCCCCCCCCCCCCCCCC. The average Bonchev–Trinajstić information content (AvgIpc) is 3.37. The summed E-state index contributed by atoms with van der Waals surface area (Å²) in [6.07, 6.45) is 76.1. The molecule has 0 aromatic carbocycles. The minimum Gasteiger partial charge on any atom is -0.462 e. The van der Waals surface area contributed by atoms with Gasteiger partial charge in [0.2, 0.25) is 0 Å². The fourth-order valence-corrected chi connectivity index (χ4v) is 8.68. The van der Waals surface area contributed by atoms with Gasteiger partial charge >= 0.3 is 17.9 Å². The molecule has 1 atom stereocenters. The first-order chi connectivity index (χ1) is 35.0. The van der Waals surface area contributed by atoms with E-state index in [0.29, 0.717) is 19.3 Å². The van der Waals surface area contributed by atoms with E-state index in [4.69, 9.17) is 14.2 Å². The molecule has 0 saturated heterocycles. The molecule has 0 aromatic heterocycles. The lowest BCUT2D eigenvalue weighted by molar-refractivity contribution is -0.167. The van der Waals surface area contributed by atoms with Crippen molar-refractivity contribution in [3.8, 4) is 0 Å². The second-order valence-electron chi connectivity index (χ2n) is 20.2. The number of unbranched alkanes of at least 4 members (excludes halogenated alkanes) is 32. The van der Waals surface area contributed by atoms with E-state index in [0.717, 1.165) is 109 Å². The molecule has 0 bridgehead atoms. The molecule has 6 heteroatoms. The summed E-state index contributed by atoms with van der Waals surface area (Å²) in [6.45, 7) is 6.54. The molecule has 0 aliphatic rings. The van der Waals surface area contributed by atoms with Gasteiger partial charge in [-0.05, 0) is 70.6 Å². The van der Waals surface area contributed by atoms with Crippen LogP contribution in [-0.4, -0.2) is 37.2 Å². The molecule has 0 aliphatic heterocycles. The van der Waals surface area contributed by atoms with Crippen molar-refractivity contribution < 1.29 is 28.6 Å². The Morgan fingerprint density at radius 2 is 0.549 bits per heavy atom. The molecule has 410 valence electrons. The van der Waals surface area contributed by atoms with E-state index in [1.165, 1.54) is 154 Å². The van der Waals surface area contributed by atoms with Crippen LogP contribution >= 0.6 is 0 Å². The molecule has 0 spiro atoms. The van der Waals surface area contributed by atoms with Gasteiger partial charge in [0.25, 0.3) is 0 Å². The topological polar surface area (TPSA) is 78.9 Å². The zero-order valence-corrected chi connectivity index (χ0v) is 47.0. The van der Waals surface area contributed by atoms with E-state index in [2.05, 4.69) is 93.7 Å². The Morgan fingerprint density at radius 1 is 0.296 bits per heavy atom. The zero-order chi connectivity index (χ0) is 51.4. The lowest BCUT2D eigenvalue weighted by Gasteiger charge is -2.18. The van der Waals surface area contributed by atoms with E-state index in [-0.39, 0.29) is 31.1 Å². The minimum atomic E-state index is -0.783. The summed E-state index contributed by atoms with van der Waals surface area (Å²) in [4.78, 5) is 38.2. The summed E-state index contributed by atoms with van der Waals surface area (Å²) in [5.74, 6) is -0.890. The lowest BCUT2D eigenvalue weighted by atomic mass is 10.0. The van der Waals surface area contributed by atoms with Crippen LogP contribution in [0.5, 0.6) is 0 Å². The first kappa shape index (κ1) is 67.8. The number of allylic oxidation sites excluding steroid dienone is 12. The van der Waals surface area contributed by atoms with Gasteiger partial charge in [0.05, 0.1) is 0 Å². The van der Waals surface area contributed by atoms with Crippen LogP contribution in [0.4, 0.5) is 0 Å². The molecule has 0 amide bonds. The molecule has 0 rings (SSSR count). The average molecular weight is 992 g/mol. The monoisotopic (exact) mass is 991 g/mol. The normalized spacial score (nSPS) is 12.5. The number of hydrogen-bond donors (Lipinski definition) is 0. The largest absolute Gasteiger partial charge is 0.462 e. The summed E-state index contributed by atoms with van der Waals surface area (Å²) in [5.41, 5.74) is 0. The van der Waals surface area contributed by atoms with Crippen molar-refractivity contribution >= 4 is 17.9 Å². The molecule has 6 nitrogen and oxygen atoms in total. The smallest absolute Gasteiger partial charge is 0.306 e. The predicted molar refractivity (Wildman–Crippen MR) is 307 cm³/mol. The number of esters is 3. The van der Waals surface area contributed by atoms with E-state index < -0.39 is 6.10 Å². The third-order valence-electron chi connectivity index (χ3n) is 13.2. The van der Waals surface area contributed by atoms with Crippen molar-refractivity contribution in [2.75, 3.05) is 13.2 Å². The van der Waals surface area contributed by atoms with E-state index >= 15 is 0 Å². The summed E-state index contributed by atoms with van der Waals surface area (Å²) in [5, 5.41) is 0. The van der Waals surface area contributed by atoms with Gasteiger partial charge in [-0.15, -0.1) is 0 Å². The van der Waals surface area contributed by atoms with Crippen molar-refractivity contribution in [2.45, 2.75) is 309 Å². The van der Waals surface area contributed by atoms with Crippen molar-refractivity contribution in [3.05, 3.63) is 72.9 Å². The molecular weight excluding hydrogens is 877 g/mol. The van der Waals surface area contributed by atoms with E-state index in [9.17, 15) is 14.4 Å². The Kier molecular flexibility index (Phi) is 56.8. The molecular formula is C65H114O6. The van der Waals surface area contributed by atoms with Gasteiger partial charge in [0.1, 0.15) is 13.2 Å². The standard InChI is InChI=1S/C65H114O6/c1-4-7-10-13-16-19-22-25-27-29-30-31-32-33-34-36-37-40-43-46-49-52-55-58-64(67)70-61-62(60-69-63(66)57-54-51-48-45-42-39-24-21-18-15-12-9-6-3)71-65(68)59-56-53-50-47-44-41-38-35-28-26-23-20-17-14-11-8-5-2/h7,10,16,19,25,27,30-31,33-34,37,40,62H,4-6,8-9,11-15,17-18,20-24,26,28-29,32,35-36,38-39,41-61H2,1-3H3/b10-7-,19-16-,27-25-,31-30-,34-33-,40-37-. The van der Waals surface area contributed by atoms with Crippen molar-refractivity contribution in [1.82, 2.24) is 0 Å². The number of rotatable bonds is 55. The van der Waals surface area contributed by atoms with Gasteiger partial charge in [-0.1, -0.05) is 286 Å². The van der Waals surface area contributed by atoms with Crippen LogP contribution in [0.1, 0.15) is 303 Å². The highest BCUT2D eigenvalue weighted by atomic mass is 16.6. The molecule has 0 N–H and O–H groups in total. The highest BCUT2D eigenvalue weighted by molar-refractivity contribution is 5.71. The fraction of sp³-hybridized carbons (Fsp3) is 0.769. The van der Waals surface area contributed by atoms with Crippen LogP contribution in [0.3, 0.4) is 0 Å². The van der Waals surface area contributed by atoms with Crippen molar-refractivity contribution in [1.29, 1.82) is 0 Å². The maximum Gasteiger partial charge on any atom is 0.306 e. The molecule has 0 saturated carbocycles. The summed E-state index contributed by atoms with van der Waals surface area (Å²) in [6, 6.07) is 0. The molecule has 0 heterocycles. The van der Waals surface area contributed by atoms with Crippen LogP contribution in [0.2, 0.25) is 0 Å². The lowest BCUT2D eigenvalue weighted by Crippen LogP contribution is -2.30. The fourth-order valence-electron chi connectivity index (χ4n) is 8.68. The number of ether oxygens (including phenoxy) is 3. The highest BCUT2D eigenvalue weighted by Gasteiger charge is 2.19. The summed E-state index contributed by atoms with van der Waals surface area (Å²) in [7, 11) is 0. The first-order valence-corrected chi connectivity index (χ1v) is 30.4. The van der Waals surface area contributed by atoms with Crippen LogP contribution in [0.25, 0.3) is 0 Å². The molecule has 0 fully saturated rings. The maximum absolute atomic E-state index is 12.9. The minimum absolute atomic E-state index is 0.0794. The van der Waals surface area contributed by atoms with Crippen LogP contribution in [0, 0.1) is 0 Å². The van der Waals surface area contributed by atoms with Crippen molar-refractivity contribution in [2.24, 2.45) is 0 Å². The Labute approximate surface area is 440 Å². The van der Waals surface area contributed by atoms with Gasteiger partial charge in [-0.3, -0.25) is 14.4 Å². The second-order valence-corrected chi connectivity index (χ2v) is 20.2. The Balaban J connectivity index is 4.38. The third kappa shape index (κ3) is 57.6. The number of carbonyl (C=O) groups excluding carboxylic acids is 3. The zero-order valence-electron chi connectivity index (χ0n) is 47.0. The van der Waals surface area contributed by atoms with E-state index in [1.807, 2.05) is 0 Å². The first-order valence-electron chi connectivity index (χ1n) is 30.4. The Bertz CT molecular complexity index is 1320. The molecule has 71 heavy (non-hydrogen) atoms. The predicted octanol–water partition coefficient (Wildman–Crippen LogP) is 20.5. The van der Waals surface area contributed by atoms with Crippen molar-refractivity contribution in [3.63, 3.8) is 0 Å². The van der Waals surface area contributed by atoms with Gasteiger partial charge in [-0.2, -0.15) is 0 Å². The number of hydrogen-bond acceptors (Lipinski definition) is 6. The Morgan fingerprint density at radius 3 is 0.859 bits per heavy atom. The molecule has 1 unspecified atom stereocenters. The van der Waals surface area contributed by atoms with Crippen LogP contribution in [-0.2, 0) is 28.6 Å². The van der Waals surface area contributed by atoms with Gasteiger partial charge in [-0.25, -0.2) is 0 Å². The molecule has 0 aliphatic carbocycles. The summed E-state index contributed by atoms with van der Waals surface area (Å²) < 4.78 is 16.9. The van der Waals surface area contributed by atoms with Gasteiger partial charge in [0.15, 0.2) is 6.10 Å². The molecule has 0 aromatic rings. The quantitative estimate of drug-likeness (QED) is 0.0261. The molecule has 0 radical (unpaired) electrons. The van der Waals surface area contributed by atoms with Crippen LogP contribution < -0.4 is 0 Å². The summed E-state index contributed by atoms with van der Waals surface area (Å²) >= 11 is 0. The Hall–Kier alpha value is -3.15. The maximum atomic E-state index is 12.9.